The molecule has 1 aliphatic rings. The molecule has 0 atom stereocenters. The van der Waals surface area contributed by atoms with Gasteiger partial charge in [-0.05, 0) is 24.8 Å². The zero-order valence-electron chi connectivity index (χ0n) is 23.4. The van der Waals surface area contributed by atoms with Crippen molar-refractivity contribution < 1.29 is 45.3 Å². The minimum atomic E-state index is -0.159. The molecular weight excluding hydrogens is 603 g/mol. The number of unbranched alkanes of at least 4 members (excludes halogenated alkanes) is 1. The van der Waals surface area contributed by atoms with Gasteiger partial charge in [0.25, 0.3) is 0 Å². The second-order valence-corrected chi connectivity index (χ2v) is 14.7. The zero-order valence-corrected chi connectivity index (χ0v) is 29.4. The normalized spacial score (nSPS) is 9.78. The average Bonchev–Trinajstić information content (AvgIpc) is 3.52. The van der Waals surface area contributed by atoms with Crippen LogP contribution in [0.15, 0.2) is 72.8 Å². The van der Waals surface area contributed by atoms with Crippen LogP contribution in [0.25, 0.3) is 21.9 Å². The second-order valence-electron chi connectivity index (χ2n) is 8.17. The first-order valence-corrected chi connectivity index (χ1v) is 19.6. The number of benzene rings is 2. The van der Waals surface area contributed by atoms with Crippen molar-refractivity contribution in [3.8, 4) is 11.1 Å². The Morgan fingerprint density at radius 1 is 0.919 bits per heavy atom. The minimum absolute atomic E-state index is 0. The Morgan fingerprint density at radius 3 is 2.14 bits per heavy atom. The van der Waals surface area contributed by atoms with Gasteiger partial charge in [-0.25, -0.2) is 6.07 Å². The molecule has 0 nitrogen and oxygen atoms in total. The van der Waals surface area contributed by atoms with Crippen molar-refractivity contribution in [3.63, 3.8) is 0 Å². The Hall–Kier alpha value is -0.703. The molecule has 0 saturated carbocycles. The van der Waals surface area contributed by atoms with Crippen LogP contribution in [0.3, 0.4) is 0 Å². The van der Waals surface area contributed by atoms with Crippen molar-refractivity contribution >= 4 is 24.5 Å². The van der Waals surface area contributed by atoms with Crippen LogP contribution in [0.4, 0.5) is 0 Å². The average molecular weight is 645 g/mol. The molecule has 0 unspecified atom stereocenters. The van der Waals surface area contributed by atoms with Gasteiger partial charge in [-0.3, -0.25) is 0 Å². The van der Waals surface area contributed by atoms with Crippen LogP contribution in [0.1, 0.15) is 48.4 Å². The fraction of sp³-hybridized carbons (Fsp3) is 0.250. The van der Waals surface area contributed by atoms with Gasteiger partial charge in [0.05, 0.1) is 0 Å². The van der Waals surface area contributed by atoms with Crippen LogP contribution in [0.2, 0.25) is 0 Å². The molecule has 37 heavy (non-hydrogen) atoms. The van der Waals surface area contributed by atoms with Crippen molar-refractivity contribution in [2.24, 2.45) is 0 Å². The van der Waals surface area contributed by atoms with Crippen LogP contribution in [0, 0.1) is 36.6 Å². The van der Waals surface area contributed by atoms with Gasteiger partial charge in [0.15, 0.2) is 0 Å². The van der Waals surface area contributed by atoms with Gasteiger partial charge in [-0.1, -0.05) is 80.1 Å². The number of hydrogen-bond acceptors (Lipinski definition) is 0. The summed E-state index contributed by atoms with van der Waals surface area (Å²) in [5.41, 5.74) is 8.87. The molecule has 4 aromatic rings. The van der Waals surface area contributed by atoms with Gasteiger partial charge >= 0.3 is 34.2 Å². The summed E-state index contributed by atoms with van der Waals surface area (Å²) in [7, 11) is 0. The van der Waals surface area contributed by atoms with E-state index in [1.54, 1.807) is 11.1 Å². The summed E-state index contributed by atoms with van der Waals surface area (Å²) in [4.78, 5) is 0. The van der Waals surface area contributed by atoms with Crippen molar-refractivity contribution in [1.29, 1.82) is 0 Å². The quantitative estimate of drug-likeness (QED) is 0.237. The van der Waals surface area contributed by atoms with E-state index >= 15 is 0 Å². The molecule has 0 N–H and O–H groups in total. The summed E-state index contributed by atoms with van der Waals surface area (Å²) in [6.45, 7) is 11.0. The molecule has 0 amide bonds. The fourth-order valence-electron chi connectivity index (χ4n) is 4.47. The Morgan fingerprint density at radius 2 is 1.57 bits per heavy atom. The summed E-state index contributed by atoms with van der Waals surface area (Å²) < 4.78 is 0. The van der Waals surface area contributed by atoms with Crippen LogP contribution in [-0.4, -0.2) is 13.8 Å². The predicted molar refractivity (Wildman–Crippen MR) is 160 cm³/mol. The van der Waals surface area contributed by atoms with Crippen molar-refractivity contribution in [2.45, 2.75) is 52.4 Å². The van der Waals surface area contributed by atoms with E-state index in [0.717, 1.165) is 0 Å². The predicted octanol–water partition coefficient (Wildman–Crippen LogP) is 2.82. The number of hydrogen-bond donors (Lipinski definition) is 0. The first-order chi connectivity index (χ1) is 15.2. The third-order valence-electron chi connectivity index (χ3n) is 5.84. The Bertz CT molecular complexity index is 1130. The molecule has 0 aromatic heterocycles. The van der Waals surface area contributed by atoms with E-state index in [1.165, 1.54) is 71.6 Å². The van der Waals surface area contributed by atoms with Crippen LogP contribution in [0.5, 0.6) is 0 Å². The maximum atomic E-state index is 3.27. The maximum absolute atomic E-state index is 3.27. The molecule has 5 rings (SSSR count). The third-order valence-corrected chi connectivity index (χ3v) is 5.84. The van der Waals surface area contributed by atoms with E-state index < -0.39 is 0 Å². The van der Waals surface area contributed by atoms with Crippen molar-refractivity contribution in [1.82, 2.24) is 0 Å². The zero-order chi connectivity index (χ0) is 22.1. The molecule has 0 spiro atoms. The second kappa shape index (κ2) is 23.2. The topological polar surface area (TPSA) is 0 Å². The van der Waals surface area contributed by atoms with E-state index in [2.05, 4.69) is 100 Å². The van der Waals surface area contributed by atoms with E-state index in [4.69, 9.17) is 0 Å². The number of aryl methyl sites for hydroxylation is 3. The standard InChI is InChI=1S/C19H17.C9H13.4CH3.2ClH.2Si.Zr/c1-13-10-16-12-15-8-5-9-17(15)19(18(16)11-13)14-6-3-2-4-7-14;1-2-3-6-9-7-4-5-8-9;;;;;;;;;/h2-4,6-7,10-12H,5,8-9H2,1H3;4-5,7-8H,2-3,6H2,1H3;4*1H3;2*1H;;;/q6*-1;;;;;/p-2. The van der Waals surface area contributed by atoms with E-state index in [-0.39, 0.29) is 75.0 Å². The molecule has 1 aliphatic carbocycles. The number of fused-ring (bicyclic) bond motifs is 2. The first kappa shape index (κ1) is 43.4. The molecule has 0 heterocycles. The van der Waals surface area contributed by atoms with Crippen molar-refractivity contribution in [2.75, 3.05) is 0 Å². The van der Waals surface area contributed by atoms with Crippen LogP contribution >= 0.6 is 0 Å². The van der Waals surface area contributed by atoms with Gasteiger partial charge < -0.3 is 54.5 Å². The molecule has 5 heteroatoms. The van der Waals surface area contributed by atoms with E-state index in [9.17, 15) is 0 Å². The molecule has 204 valence electrons. The SMILES string of the molecule is CCCCc1cc[cH-]c1.Cc1cc2c(-c3ccccc3)c3c(cc2[cH-]1)CCC3.[CH3-].[CH3-].[CH3-].[CH3-].[Cl-].[Cl-].[Si]=[Zr]=[Si]. The Kier molecular flexibility index (Phi) is 27.2. The summed E-state index contributed by atoms with van der Waals surface area (Å²) in [6.07, 6.45) is 7.66. The van der Waals surface area contributed by atoms with Gasteiger partial charge in [0.1, 0.15) is 0 Å². The molecule has 0 bridgehead atoms. The number of rotatable bonds is 4. The summed E-state index contributed by atoms with van der Waals surface area (Å²) in [5.74, 6) is 0. The van der Waals surface area contributed by atoms with Crippen molar-refractivity contribution in [3.05, 3.63) is 125 Å². The van der Waals surface area contributed by atoms with E-state index in [0.29, 0.717) is 0 Å². The molecule has 0 aliphatic heterocycles. The molecule has 4 aromatic carbocycles. The summed E-state index contributed by atoms with van der Waals surface area (Å²) in [5, 5.41) is 2.85. The Labute approximate surface area is 256 Å². The fourth-order valence-corrected chi connectivity index (χ4v) is 4.47. The monoisotopic (exact) mass is 642 g/mol. The van der Waals surface area contributed by atoms with E-state index in [1.807, 2.05) is 0 Å². The Balaban J connectivity index is -0.000000264. The first-order valence-electron chi connectivity index (χ1n) is 11.2. The number of halogens is 2. The molecule has 0 fully saturated rings. The van der Waals surface area contributed by atoms with Gasteiger partial charge in [-0.15, -0.1) is 28.5 Å². The van der Waals surface area contributed by atoms with Gasteiger partial charge in [0.2, 0.25) is 0 Å². The van der Waals surface area contributed by atoms with Gasteiger partial charge in [0, 0.05) is 0 Å². The summed E-state index contributed by atoms with van der Waals surface area (Å²) in [6, 6.07) is 26.5. The van der Waals surface area contributed by atoms with Gasteiger partial charge in [-0.2, -0.15) is 29.8 Å². The van der Waals surface area contributed by atoms with Crippen LogP contribution < -0.4 is 24.8 Å². The third kappa shape index (κ3) is 12.3. The molecule has 0 saturated heterocycles. The molecule has 4 radical (unpaired) electrons. The van der Waals surface area contributed by atoms with Crippen LogP contribution in [-0.2, 0) is 39.7 Å². The molecular formula is C32H42Cl2Si2Zr-8. The summed E-state index contributed by atoms with van der Waals surface area (Å²) >= 11 is -0.159.